The van der Waals surface area contributed by atoms with Crippen LogP contribution in [-0.4, -0.2) is 68.4 Å². The summed E-state index contributed by atoms with van der Waals surface area (Å²) in [6.45, 7) is 3.51. The van der Waals surface area contributed by atoms with E-state index >= 15 is 0 Å². The van der Waals surface area contributed by atoms with E-state index in [1.54, 1.807) is 48.4 Å². The summed E-state index contributed by atoms with van der Waals surface area (Å²) in [6.07, 6.45) is 2.30. The molecule has 9 heteroatoms. The molecule has 0 spiro atoms. The van der Waals surface area contributed by atoms with E-state index in [0.717, 1.165) is 24.8 Å². The standard InChI is InChI=1S/C24H31N3O5S/c1-18-17-26(33(29,30)22-13-11-21(32-3)12-14-22)23(19-7-9-20(31-2)10-8-19)27(18)24(28)25-15-5-4-6-16-25/h7-14,18,23H,4-6,15-17H2,1-3H3. The van der Waals surface area contributed by atoms with E-state index in [-0.39, 0.29) is 23.5 Å². The molecule has 2 aliphatic rings. The number of rotatable bonds is 5. The maximum Gasteiger partial charge on any atom is 0.321 e. The van der Waals surface area contributed by atoms with Crippen LogP contribution in [0.1, 0.15) is 37.9 Å². The molecule has 4 rings (SSSR count). The summed E-state index contributed by atoms with van der Waals surface area (Å²) in [6, 6.07) is 13.2. The summed E-state index contributed by atoms with van der Waals surface area (Å²) in [4.78, 5) is 17.3. The van der Waals surface area contributed by atoms with Crippen molar-refractivity contribution in [2.45, 2.75) is 43.3 Å². The first-order valence-corrected chi connectivity index (χ1v) is 12.7. The van der Waals surface area contributed by atoms with Crippen LogP contribution in [0.4, 0.5) is 4.79 Å². The van der Waals surface area contributed by atoms with Gasteiger partial charge in [0.2, 0.25) is 10.0 Å². The van der Waals surface area contributed by atoms with Gasteiger partial charge in [-0.1, -0.05) is 12.1 Å². The maximum atomic E-state index is 13.7. The number of methoxy groups -OCH3 is 2. The third-order valence-corrected chi connectivity index (χ3v) is 8.22. The van der Waals surface area contributed by atoms with Crippen LogP contribution >= 0.6 is 0 Å². The van der Waals surface area contributed by atoms with Crippen LogP contribution in [0.5, 0.6) is 11.5 Å². The Morgan fingerprint density at radius 1 is 0.879 bits per heavy atom. The van der Waals surface area contributed by atoms with Gasteiger partial charge in [-0.2, -0.15) is 4.31 Å². The van der Waals surface area contributed by atoms with Crippen LogP contribution in [0.15, 0.2) is 53.4 Å². The molecule has 2 fully saturated rings. The van der Waals surface area contributed by atoms with Crippen LogP contribution in [0.25, 0.3) is 0 Å². The maximum absolute atomic E-state index is 13.7. The fourth-order valence-electron chi connectivity index (χ4n) is 4.59. The molecule has 0 N–H and O–H groups in total. The molecule has 2 aliphatic heterocycles. The minimum Gasteiger partial charge on any atom is -0.497 e. The molecule has 0 radical (unpaired) electrons. The highest BCUT2D eigenvalue weighted by molar-refractivity contribution is 7.89. The molecular formula is C24H31N3O5S. The highest BCUT2D eigenvalue weighted by Crippen LogP contribution is 2.39. The zero-order valence-corrected chi connectivity index (χ0v) is 20.1. The number of hydrogen-bond acceptors (Lipinski definition) is 5. The normalized spacial score (nSPS) is 21.8. The number of urea groups is 1. The van der Waals surface area contributed by atoms with Crippen molar-refractivity contribution in [3.8, 4) is 11.5 Å². The van der Waals surface area contributed by atoms with Gasteiger partial charge in [0.15, 0.2) is 0 Å². The first-order valence-electron chi connectivity index (χ1n) is 11.2. The highest BCUT2D eigenvalue weighted by Gasteiger charge is 2.48. The van der Waals surface area contributed by atoms with Crippen molar-refractivity contribution in [2.24, 2.45) is 0 Å². The SMILES string of the molecule is COc1ccc(C2N(C(=O)N3CCCCC3)C(C)CN2S(=O)(=O)c2ccc(OC)cc2)cc1. The van der Waals surface area contributed by atoms with E-state index in [0.29, 0.717) is 24.6 Å². The number of ether oxygens (including phenoxy) is 2. The number of nitrogens with zero attached hydrogens (tertiary/aromatic N) is 3. The predicted octanol–water partition coefficient (Wildman–Crippen LogP) is 3.70. The van der Waals surface area contributed by atoms with Gasteiger partial charge in [0.1, 0.15) is 17.7 Å². The molecular weight excluding hydrogens is 442 g/mol. The van der Waals surface area contributed by atoms with Gasteiger partial charge in [-0.15, -0.1) is 0 Å². The molecule has 0 aliphatic carbocycles. The monoisotopic (exact) mass is 473 g/mol. The molecule has 0 saturated carbocycles. The Morgan fingerprint density at radius 3 is 1.97 bits per heavy atom. The van der Waals surface area contributed by atoms with E-state index < -0.39 is 16.2 Å². The third-order valence-electron chi connectivity index (χ3n) is 6.38. The highest BCUT2D eigenvalue weighted by atomic mass is 32.2. The smallest absolute Gasteiger partial charge is 0.321 e. The molecule has 33 heavy (non-hydrogen) atoms. The Balaban J connectivity index is 1.75. The Morgan fingerprint density at radius 2 is 1.42 bits per heavy atom. The molecule has 0 aromatic heterocycles. The molecule has 2 saturated heterocycles. The zero-order chi connectivity index (χ0) is 23.6. The van der Waals surface area contributed by atoms with Crippen molar-refractivity contribution < 1.29 is 22.7 Å². The zero-order valence-electron chi connectivity index (χ0n) is 19.3. The van der Waals surface area contributed by atoms with Crippen LogP contribution in [0.2, 0.25) is 0 Å². The summed E-state index contributed by atoms with van der Waals surface area (Å²) in [5.74, 6) is 1.25. The second kappa shape index (κ2) is 9.61. The van der Waals surface area contributed by atoms with Gasteiger partial charge < -0.3 is 14.4 Å². The number of benzene rings is 2. The average Bonchev–Trinajstić information content (AvgIpc) is 3.22. The molecule has 2 aromatic carbocycles. The largest absolute Gasteiger partial charge is 0.497 e. The fraction of sp³-hybridized carbons (Fsp3) is 0.458. The number of piperidine rings is 1. The summed E-state index contributed by atoms with van der Waals surface area (Å²) in [7, 11) is -0.753. The summed E-state index contributed by atoms with van der Waals surface area (Å²) < 4.78 is 39.4. The van der Waals surface area contributed by atoms with Crippen LogP contribution in [0.3, 0.4) is 0 Å². The van der Waals surface area contributed by atoms with Gasteiger partial charge in [-0.05, 0) is 68.1 Å². The van der Waals surface area contributed by atoms with Crippen molar-refractivity contribution in [3.05, 3.63) is 54.1 Å². The van der Waals surface area contributed by atoms with Crippen LogP contribution in [0, 0.1) is 0 Å². The quantitative estimate of drug-likeness (QED) is 0.662. The second-order valence-corrected chi connectivity index (χ2v) is 10.4. The Labute approximate surface area is 195 Å². The van der Waals surface area contributed by atoms with Crippen molar-refractivity contribution in [1.82, 2.24) is 14.1 Å². The molecule has 2 aromatic rings. The van der Waals surface area contributed by atoms with Gasteiger partial charge in [-0.3, -0.25) is 4.90 Å². The number of carbonyl (C=O) groups excluding carboxylic acids is 1. The van der Waals surface area contributed by atoms with Gasteiger partial charge in [-0.25, -0.2) is 13.2 Å². The van der Waals surface area contributed by atoms with E-state index in [9.17, 15) is 13.2 Å². The predicted molar refractivity (Wildman–Crippen MR) is 125 cm³/mol. The average molecular weight is 474 g/mol. The molecule has 2 atom stereocenters. The van der Waals surface area contributed by atoms with Crippen molar-refractivity contribution in [1.29, 1.82) is 0 Å². The van der Waals surface area contributed by atoms with E-state index in [1.165, 1.54) is 11.4 Å². The van der Waals surface area contributed by atoms with Crippen LogP contribution < -0.4 is 9.47 Å². The Kier molecular flexibility index (Phi) is 6.81. The molecule has 2 amide bonds. The lowest BCUT2D eigenvalue weighted by molar-refractivity contribution is 0.116. The lowest BCUT2D eigenvalue weighted by atomic mass is 10.1. The number of sulfonamides is 1. The molecule has 178 valence electrons. The number of hydrogen-bond donors (Lipinski definition) is 0. The molecule has 8 nitrogen and oxygen atoms in total. The van der Waals surface area contributed by atoms with Crippen molar-refractivity contribution in [2.75, 3.05) is 33.9 Å². The third kappa shape index (κ3) is 4.52. The van der Waals surface area contributed by atoms with Gasteiger partial charge >= 0.3 is 6.03 Å². The lowest BCUT2D eigenvalue weighted by Gasteiger charge is -2.37. The molecule has 2 heterocycles. The lowest BCUT2D eigenvalue weighted by Crippen LogP contribution is -2.48. The van der Waals surface area contributed by atoms with Gasteiger partial charge in [0, 0.05) is 25.7 Å². The number of likely N-dealkylation sites (tertiary alicyclic amines) is 1. The summed E-state index contributed by atoms with van der Waals surface area (Å²) in [5.41, 5.74) is 0.725. The summed E-state index contributed by atoms with van der Waals surface area (Å²) >= 11 is 0. The van der Waals surface area contributed by atoms with Crippen molar-refractivity contribution >= 4 is 16.1 Å². The Hall–Kier alpha value is -2.78. The van der Waals surface area contributed by atoms with Gasteiger partial charge in [0.25, 0.3) is 0 Å². The second-order valence-electron chi connectivity index (χ2n) is 8.48. The van der Waals surface area contributed by atoms with Gasteiger partial charge in [0.05, 0.1) is 19.1 Å². The number of carbonyl (C=O) groups is 1. The molecule has 0 bridgehead atoms. The van der Waals surface area contributed by atoms with E-state index in [2.05, 4.69) is 0 Å². The fourth-order valence-corrected chi connectivity index (χ4v) is 6.23. The Bertz CT molecular complexity index is 1070. The minimum atomic E-state index is -3.87. The number of amides is 2. The first kappa shape index (κ1) is 23.4. The van der Waals surface area contributed by atoms with E-state index in [4.69, 9.17) is 9.47 Å². The van der Waals surface area contributed by atoms with Crippen LogP contribution in [-0.2, 0) is 10.0 Å². The topological polar surface area (TPSA) is 79.4 Å². The summed E-state index contributed by atoms with van der Waals surface area (Å²) in [5, 5.41) is 0. The van der Waals surface area contributed by atoms with Crippen molar-refractivity contribution in [3.63, 3.8) is 0 Å². The minimum absolute atomic E-state index is 0.115. The first-order chi connectivity index (χ1) is 15.9. The molecule has 2 unspecified atom stereocenters. The van der Waals surface area contributed by atoms with E-state index in [1.807, 2.05) is 24.0 Å².